The van der Waals surface area contributed by atoms with Gasteiger partial charge in [0.1, 0.15) is 5.82 Å². The minimum atomic E-state index is -0.788. The second-order valence-corrected chi connectivity index (χ2v) is 4.38. The maximum absolute atomic E-state index is 9.62. The van der Waals surface area contributed by atoms with Crippen molar-refractivity contribution in [3.05, 3.63) is 18.2 Å². The predicted molar refractivity (Wildman–Crippen MR) is 60.3 cm³/mol. The van der Waals surface area contributed by atoms with Crippen LogP contribution in [0, 0.1) is 6.92 Å². The van der Waals surface area contributed by atoms with Gasteiger partial charge in [-0.05, 0) is 20.8 Å². The summed E-state index contributed by atoms with van der Waals surface area (Å²) in [5, 5.41) is 20.7. The Balaban J connectivity index is 2.31. The standard InChI is InChI=1S/C10H15N5O/c1-7-13-14-9-8(11-4-5-15(7)9)12-6-10(2,3)16/h4-5,16H,6H2,1-3H3,(H,11,12). The van der Waals surface area contributed by atoms with Gasteiger partial charge >= 0.3 is 0 Å². The Bertz CT molecular complexity index is 499. The number of anilines is 1. The highest BCUT2D eigenvalue weighted by atomic mass is 16.3. The molecule has 0 aliphatic carbocycles. The first-order chi connectivity index (χ1) is 7.47. The van der Waals surface area contributed by atoms with Crippen molar-refractivity contribution in [1.29, 1.82) is 0 Å². The summed E-state index contributed by atoms with van der Waals surface area (Å²) in [5.74, 6) is 1.44. The van der Waals surface area contributed by atoms with Crippen molar-refractivity contribution in [1.82, 2.24) is 19.6 Å². The van der Waals surface area contributed by atoms with Crippen LogP contribution in [0.5, 0.6) is 0 Å². The van der Waals surface area contributed by atoms with Gasteiger partial charge in [0.15, 0.2) is 5.82 Å². The normalized spacial score (nSPS) is 12.0. The number of aryl methyl sites for hydroxylation is 1. The largest absolute Gasteiger partial charge is 0.389 e. The molecule has 16 heavy (non-hydrogen) atoms. The summed E-state index contributed by atoms with van der Waals surface area (Å²) >= 11 is 0. The van der Waals surface area contributed by atoms with Gasteiger partial charge in [-0.1, -0.05) is 0 Å². The molecule has 0 unspecified atom stereocenters. The maximum atomic E-state index is 9.62. The quantitative estimate of drug-likeness (QED) is 0.794. The van der Waals surface area contributed by atoms with Crippen LogP contribution >= 0.6 is 0 Å². The lowest BCUT2D eigenvalue weighted by Crippen LogP contribution is -2.29. The van der Waals surface area contributed by atoms with Gasteiger partial charge in [0.2, 0.25) is 5.65 Å². The summed E-state index contributed by atoms with van der Waals surface area (Å²) < 4.78 is 1.85. The van der Waals surface area contributed by atoms with Crippen LogP contribution in [0.25, 0.3) is 5.65 Å². The van der Waals surface area contributed by atoms with E-state index in [0.29, 0.717) is 18.0 Å². The molecule has 86 valence electrons. The zero-order valence-corrected chi connectivity index (χ0v) is 9.60. The summed E-state index contributed by atoms with van der Waals surface area (Å²) in [6, 6.07) is 0. The van der Waals surface area contributed by atoms with E-state index in [-0.39, 0.29) is 0 Å². The van der Waals surface area contributed by atoms with Gasteiger partial charge in [0.25, 0.3) is 0 Å². The molecule has 0 atom stereocenters. The molecule has 0 radical (unpaired) electrons. The predicted octanol–water partition coefficient (Wildman–Crippen LogP) is 0.616. The Kier molecular flexibility index (Phi) is 2.51. The molecule has 0 bridgehead atoms. The van der Waals surface area contributed by atoms with E-state index in [4.69, 9.17) is 0 Å². The molecule has 0 saturated carbocycles. The molecule has 0 aromatic carbocycles. The molecule has 2 N–H and O–H groups in total. The molecule has 2 aromatic heterocycles. The van der Waals surface area contributed by atoms with Crippen molar-refractivity contribution in [3.63, 3.8) is 0 Å². The molecule has 2 heterocycles. The number of nitrogens with one attached hydrogen (secondary N) is 1. The van der Waals surface area contributed by atoms with Crippen LogP contribution in [-0.2, 0) is 0 Å². The van der Waals surface area contributed by atoms with Crippen molar-refractivity contribution in [3.8, 4) is 0 Å². The molecule has 0 spiro atoms. The first-order valence-electron chi connectivity index (χ1n) is 5.10. The lowest BCUT2D eigenvalue weighted by molar-refractivity contribution is 0.0944. The molecule has 0 saturated heterocycles. The third kappa shape index (κ3) is 2.11. The molecule has 0 amide bonds. The Morgan fingerprint density at radius 3 is 2.88 bits per heavy atom. The second-order valence-electron chi connectivity index (χ2n) is 4.38. The Labute approximate surface area is 93.3 Å². The van der Waals surface area contributed by atoms with E-state index < -0.39 is 5.60 Å². The van der Waals surface area contributed by atoms with Crippen LogP contribution in [-0.4, -0.2) is 36.8 Å². The number of aromatic nitrogens is 4. The smallest absolute Gasteiger partial charge is 0.203 e. The minimum absolute atomic E-state index is 0.408. The van der Waals surface area contributed by atoms with E-state index in [9.17, 15) is 5.11 Å². The maximum Gasteiger partial charge on any atom is 0.203 e. The fourth-order valence-electron chi connectivity index (χ4n) is 1.37. The molecule has 0 aliphatic rings. The van der Waals surface area contributed by atoms with E-state index in [2.05, 4.69) is 20.5 Å². The Morgan fingerprint density at radius 2 is 2.19 bits per heavy atom. The van der Waals surface area contributed by atoms with Crippen LogP contribution in [0.1, 0.15) is 19.7 Å². The third-order valence-electron chi connectivity index (χ3n) is 2.19. The number of fused-ring (bicyclic) bond motifs is 1. The Hall–Kier alpha value is -1.69. The lowest BCUT2D eigenvalue weighted by Gasteiger charge is -2.17. The number of rotatable bonds is 3. The zero-order valence-electron chi connectivity index (χ0n) is 9.60. The molecular formula is C10H15N5O. The average Bonchev–Trinajstić information content (AvgIpc) is 2.57. The van der Waals surface area contributed by atoms with E-state index in [1.807, 2.05) is 11.3 Å². The van der Waals surface area contributed by atoms with Crippen LogP contribution in [0.4, 0.5) is 5.82 Å². The summed E-state index contributed by atoms with van der Waals surface area (Å²) in [5.41, 5.74) is -0.118. The molecule has 6 heteroatoms. The third-order valence-corrected chi connectivity index (χ3v) is 2.19. The summed E-state index contributed by atoms with van der Waals surface area (Å²) in [6.07, 6.45) is 3.48. The topological polar surface area (TPSA) is 75.3 Å². The van der Waals surface area contributed by atoms with E-state index in [1.54, 1.807) is 26.2 Å². The van der Waals surface area contributed by atoms with E-state index >= 15 is 0 Å². The molecular weight excluding hydrogens is 206 g/mol. The minimum Gasteiger partial charge on any atom is -0.389 e. The average molecular weight is 221 g/mol. The Morgan fingerprint density at radius 1 is 1.44 bits per heavy atom. The number of nitrogens with zero attached hydrogens (tertiary/aromatic N) is 4. The van der Waals surface area contributed by atoms with E-state index in [0.717, 1.165) is 5.82 Å². The van der Waals surface area contributed by atoms with Crippen molar-refractivity contribution in [2.24, 2.45) is 0 Å². The van der Waals surface area contributed by atoms with Crippen LogP contribution in [0.3, 0.4) is 0 Å². The second kappa shape index (κ2) is 3.71. The molecule has 0 aliphatic heterocycles. The van der Waals surface area contributed by atoms with Crippen molar-refractivity contribution in [2.45, 2.75) is 26.4 Å². The first-order valence-corrected chi connectivity index (χ1v) is 5.10. The van der Waals surface area contributed by atoms with Crippen LogP contribution < -0.4 is 5.32 Å². The van der Waals surface area contributed by atoms with Crippen molar-refractivity contribution in [2.75, 3.05) is 11.9 Å². The highest BCUT2D eigenvalue weighted by Gasteiger charge is 2.14. The van der Waals surface area contributed by atoms with Gasteiger partial charge in [-0.2, -0.15) is 0 Å². The zero-order chi connectivity index (χ0) is 11.8. The summed E-state index contributed by atoms with van der Waals surface area (Å²) in [7, 11) is 0. The molecule has 2 aromatic rings. The number of hydrogen-bond acceptors (Lipinski definition) is 5. The molecule has 6 nitrogen and oxygen atoms in total. The van der Waals surface area contributed by atoms with Crippen LogP contribution in [0.15, 0.2) is 12.4 Å². The van der Waals surface area contributed by atoms with Gasteiger partial charge in [-0.25, -0.2) is 4.98 Å². The van der Waals surface area contributed by atoms with Gasteiger partial charge in [-0.3, -0.25) is 4.40 Å². The van der Waals surface area contributed by atoms with Crippen molar-refractivity contribution < 1.29 is 5.11 Å². The van der Waals surface area contributed by atoms with Gasteiger partial charge in [-0.15, -0.1) is 10.2 Å². The monoisotopic (exact) mass is 221 g/mol. The van der Waals surface area contributed by atoms with Crippen molar-refractivity contribution >= 4 is 11.5 Å². The van der Waals surface area contributed by atoms with Gasteiger partial charge in [0.05, 0.1) is 5.60 Å². The lowest BCUT2D eigenvalue weighted by atomic mass is 10.1. The fraction of sp³-hybridized carbons (Fsp3) is 0.500. The van der Waals surface area contributed by atoms with Gasteiger partial charge < -0.3 is 10.4 Å². The van der Waals surface area contributed by atoms with Gasteiger partial charge in [0, 0.05) is 18.9 Å². The van der Waals surface area contributed by atoms with Crippen LogP contribution in [0.2, 0.25) is 0 Å². The highest BCUT2D eigenvalue weighted by Crippen LogP contribution is 2.13. The SMILES string of the molecule is Cc1nnc2c(NCC(C)(C)O)nccn12. The number of aliphatic hydroxyl groups is 1. The molecule has 0 fully saturated rings. The van der Waals surface area contributed by atoms with E-state index in [1.165, 1.54) is 0 Å². The fourth-order valence-corrected chi connectivity index (χ4v) is 1.37. The summed E-state index contributed by atoms with van der Waals surface area (Å²) in [4.78, 5) is 4.18. The summed E-state index contributed by atoms with van der Waals surface area (Å²) in [6.45, 7) is 5.75. The number of hydrogen-bond donors (Lipinski definition) is 2. The highest BCUT2D eigenvalue weighted by molar-refractivity contribution is 5.61. The first kappa shape index (κ1) is 10.8. The molecule has 2 rings (SSSR count).